The summed E-state index contributed by atoms with van der Waals surface area (Å²) < 4.78 is 0.833. The van der Waals surface area contributed by atoms with E-state index in [1.54, 1.807) is 17.4 Å². The van der Waals surface area contributed by atoms with E-state index < -0.39 is 0 Å². The molecule has 0 aliphatic heterocycles. The molecule has 0 unspecified atom stereocenters. The third-order valence-electron chi connectivity index (χ3n) is 1.45. The second-order valence-corrected chi connectivity index (χ2v) is 4.06. The van der Waals surface area contributed by atoms with E-state index in [1.165, 1.54) is 0 Å². The van der Waals surface area contributed by atoms with Crippen molar-refractivity contribution in [3.63, 3.8) is 0 Å². The van der Waals surface area contributed by atoms with E-state index in [4.69, 9.17) is 5.11 Å². The van der Waals surface area contributed by atoms with Crippen molar-refractivity contribution in [3.8, 4) is 0 Å². The molecule has 0 aromatic carbocycles. The molecule has 0 spiro atoms. The monoisotopic (exact) mass is 262 g/mol. The maximum absolute atomic E-state index is 8.82. The topological polar surface area (TPSA) is 36.4 Å². The molecule has 1 heterocycles. The molecule has 13 heavy (non-hydrogen) atoms. The Bertz CT molecular complexity index is 277. The number of aromatic nitrogens is 1. The minimum absolute atomic E-state index is 0.130. The van der Waals surface area contributed by atoms with Gasteiger partial charge in [0.15, 0.2) is 5.13 Å². The highest BCUT2D eigenvalue weighted by Gasteiger charge is 2.07. The second kappa shape index (κ2) is 5.36. The number of hydrogen-bond donors (Lipinski definition) is 1. The number of nitrogens with zero attached hydrogens (tertiary/aromatic N) is 2. The summed E-state index contributed by atoms with van der Waals surface area (Å²) in [4.78, 5) is 6.23. The largest absolute Gasteiger partial charge is 0.395 e. The van der Waals surface area contributed by atoms with Gasteiger partial charge in [-0.25, -0.2) is 4.98 Å². The van der Waals surface area contributed by atoms with Crippen molar-refractivity contribution in [1.29, 1.82) is 0 Å². The fraction of sp³-hybridized carbons (Fsp3) is 0.375. The van der Waals surface area contributed by atoms with Gasteiger partial charge in [-0.3, -0.25) is 0 Å². The Morgan fingerprint density at radius 2 is 2.54 bits per heavy atom. The lowest BCUT2D eigenvalue weighted by Crippen LogP contribution is -2.26. The molecule has 1 rings (SSSR count). The van der Waals surface area contributed by atoms with Crippen molar-refractivity contribution < 1.29 is 5.11 Å². The third kappa shape index (κ3) is 3.10. The Balaban J connectivity index is 2.68. The highest BCUT2D eigenvalue weighted by Crippen LogP contribution is 2.23. The van der Waals surface area contributed by atoms with Crippen LogP contribution in [0.2, 0.25) is 0 Å². The van der Waals surface area contributed by atoms with Crippen molar-refractivity contribution in [1.82, 2.24) is 4.98 Å². The van der Waals surface area contributed by atoms with Crippen molar-refractivity contribution >= 4 is 32.4 Å². The Hall–Kier alpha value is -0.390. The predicted octanol–water partition coefficient (Wildman–Crippen LogP) is 1.89. The van der Waals surface area contributed by atoms with E-state index in [-0.39, 0.29) is 6.61 Å². The molecular weight excluding hydrogens is 252 g/mol. The van der Waals surface area contributed by atoms with Gasteiger partial charge in [0.2, 0.25) is 0 Å². The molecule has 0 saturated heterocycles. The summed E-state index contributed by atoms with van der Waals surface area (Å²) in [6.07, 6.45) is 1.80. The molecule has 0 radical (unpaired) electrons. The summed E-state index contributed by atoms with van der Waals surface area (Å²) in [7, 11) is 0. The number of hydrogen-bond acceptors (Lipinski definition) is 4. The molecule has 1 aromatic rings. The molecule has 0 aliphatic carbocycles. The van der Waals surface area contributed by atoms with Crippen LogP contribution in [0.15, 0.2) is 22.6 Å². The molecule has 1 N–H and O–H groups in total. The Labute approximate surface area is 89.8 Å². The van der Waals surface area contributed by atoms with Crippen molar-refractivity contribution in [3.05, 3.63) is 22.6 Å². The van der Waals surface area contributed by atoms with Gasteiger partial charge in [0.05, 0.1) is 6.61 Å². The van der Waals surface area contributed by atoms with Crippen LogP contribution in [-0.2, 0) is 0 Å². The number of thiazole rings is 1. The minimum Gasteiger partial charge on any atom is -0.395 e. The Kier molecular flexibility index (Phi) is 4.41. The summed E-state index contributed by atoms with van der Waals surface area (Å²) in [6.45, 7) is 5.08. The lowest BCUT2D eigenvalue weighted by molar-refractivity contribution is 0.303. The summed E-state index contributed by atoms with van der Waals surface area (Å²) in [5, 5.41) is 11.6. The van der Waals surface area contributed by atoms with Crippen LogP contribution < -0.4 is 4.90 Å². The zero-order chi connectivity index (χ0) is 9.68. The fourth-order valence-corrected chi connectivity index (χ4v) is 2.22. The van der Waals surface area contributed by atoms with Crippen LogP contribution in [-0.4, -0.2) is 29.8 Å². The van der Waals surface area contributed by atoms with E-state index in [2.05, 4.69) is 27.5 Å². The first kappa shape index (κ1) is 10.7. The van der Waals surface area contributed by atoms with Gasteiger partial charge in [0.25, 0.3) is 0 Å². The maximum atomic E-state index is 8.82. The van der Waals surface area contributed by atoms with Gasteiger partial charge in [-0.2, -0.15) is 0 Å². The lowest BCUT2D eigenvalue weighted by atomic mass is 10.5. The average molecular weight is 263 g/mol. The zero-order valence-electron chi connectivity index (χ0n) is 7.11. The third-order valence-corrected chi connectivity index (χ3v) is 3.06. The number of rotatable bonds is 5. The average Bonchev–Trinajstić information content (AvgIpc) is 2.51. The molecule has 5 heteroatoms. The first-order valence-electron chi connectivity index (χ1n) is 3.85. The van der Waals surface area contributed by atoms with Gasteiger partial charge in [-0.05, 0) is 15.9 Å². The van der Waals surface area contributed by atoms with Crippen molar-refractivity contribution in [2.45, 2.75) is 0 Å². The Morgan fingerprint density at radius 1 is 1.77 bits per heavy atom. The molecule has 0 saturated carbocycles. The molecule has 1 aromatic heterocycles. The molecule has 0 fully saturated rings. The number of halogens is 1. The van der Waals surface area contributed by atoms with Gasteiger partial charge >= 0.3 is 0 Å². The minimum atomic E-state index is 0.130. The van der Waals surface area contributed by atoms with Crippen LogP contribution >= 0.6 is 27.3 Å². The second-order valence-electron chi connectivity index (χ2n) is 2.41. The highest BCUT2D eigenvalue weighted by atomic mass is 79.9. The standard InChI is InChI=1S/C8H11BrN2OS/c1-2-3-11(4-5-12)8-10-7(9)6-13-8/h2,6,12H,1,3-5H2. The molecule has 0 bridgehead atoms. The first-order chi connectivity index (χ1) is 6.27. The molecule has 0 atom stereocenters. The van der Waals surface area contributed by atoms with Crippen LogP contribution in [0, 0.1) is 0 Å². The SMILES string of the molecule is C=CCN(CCO)c1nc(Br)cs1. The maximum Gasteiger partial charge on any atom is 0.186 e. The van der Waals surface area contributed by atoms with E-state index in [1.807, 2.05) is 10.3 Å². The molecular formula is C8H11BrN2OS. The summed E-state index contributed by atoms with van der Waals surface area (Å²) >= 11 is 4.83. The van der Waals surface area contributed by atoms with Gasteiger partial charge in [0.1, 0.15) is 4.60 Å². The van der Waals surface area contributed by atoms with Crippen LogP contribution in [0.25, 0.3) is 0 Å². The van der Waals surface area contributed by atoms with E-state index in [0.29, 0.717) is 13.1 Å². The van der Waals surface area contributed by atoms with E-state index >= 15 is 0 Å². The quantitative estimate of drug-likeness (QED) is 0.824. The number of anilines is 1. The van der Waals surface area contributed by atoms with E-state index in [0.717, 1.165) is 9.73 Å². The zero-order valence-corrected chi connectivity index (χ0v) is 9.51. The molecule has 0 amide bonds. The number of aliphatic hydroxyl groups is 1. The first-order valence-corrected chi connectivity index (χ1v) is 5.53. The van der Waals surface area contributed by atoms with Crippen molar-refractivity contribution in [2.24, 2.45) is 0 Å². The summed E-state index contributed by atoms with van der Waals surface area (Å²) in [6, 6.07) is 0. The predicted molar refractivity (Wildman–Crippen MR) is 59.3 cm³/mol. The molecule has 72 valence electrons. The summed E-state index contributed by atoms with van der Waals surface area (Å²) in [5.41, 5.74) is 0. The van der Waals surface area contributed by atoms with Gasteiger partial charge in [-0.1, -0.05) is 6.08 Å². The fourth-order valence-electron chi connectivity index (χ4n) is 0.932. The molecule has 3 nitrogen and oxygen atoms in total. The van der Waals surface area contributed by atoms with Crippen molar-refractivity contribution in [2.75, 3.05) is 24.6 Å². The van der Waals surface area contributed by atoms with Crippen LogP contribution in [0.5, 0.6) is 0 Å². The van der Waals surface area contributed by atoms with Crippen LogP contribution in [0.1, 0.15) is 0 Å². The highest BCUT2D eigenvalue weighted by molar-refractivity contribution is 9.10. The normalized spacial score (nSPS) is 10.0. The smallest absolute Gasteiger partial charge is 0.186 e. The lowest BCUT2D eigenvalue weighted by Gasteiger charge is -2.17. The van der Waals surface area contributed by atoms with Gasteiger partial charge in [-0.15, -0.1) is 17.9 Å². The number of aliphatic hydroxyl groups excluding tert-OH is 1. The van der Waals surface area contributed by atoms with E-state index in [9.17, 15) is 0 Å². The van der Waals surface area contributed by atoms with Crippen LogP contribution in [0.4, 0.5) is 5.13 Å². The summed E-state index contributed by atoms with van der Waals surface area (Å²) in [5.74, 6) is 0. The van der Waals surface area contributed by atoms with Crippen LogP contribution in [0.3, 0.4) is 0 Å². The Morgan fingerprint density at radius 3 is 3.00 bits per heavy atom. The van der Waals surface area contributed by atoms with Gasteiger partial charge in [0, 0.05) is 18.5 Å². The van der Waals surface area contributed by atoms with Gasteiger partial charge < -0.3 is 10.0 Å². The molecule has 0 aliphatic rings.